The Morgan fingerprint density at radius 2 is 1.89 bits per heavy atom. The zero-order valence-electron chi connectivity index (χ0n) is 18.9. The number of hydrogen-bond acceptors (Lipinski definition) is 5. The maximum atomic E-state index is 14.1. The van der Waals surface area contributed by atoms with Gasteiger partial charge in [0.2, 0.25) is 0 Å². The van der Waals surface area contributed by atoms with Gasteiger partial charge in [-0.1, -0.05) is 13.0 Å². The van der Waals surface area contributed by atoms with Gasteiger partial charge in [0.25, 0.3) is 5.91 Å². The van der Waals surface area contributed by atoms with Crippen LogP contribution in [0.3, 0.4) is 0 Å². The Kier molecular flexibility index (Phi) is 6.91. The number of aromatic nitrogens is 1. The average molecular weight is 506 g/mol. The number of halogens is 4. The standard InChI is InChI=1S/C25H23ClF3N3O3/c1-14-3-4-17(27)10-20(14)21-9-16(11-30-23(21)32-12-15(2)22(33)13-32)24(34)31-18-5-7-19(8-6-18)35-25(26,28)29/h3-11,15,22,33H,12-13H2,1-2H3,(H,31,34)/t15-,22-/m0/s1. The number of β-amino-alcohol motifs (C(OH)–C–C–N with tert-alkyl or cyclic N) is 1. The highest BCUT2D eigenvalue weighted by atomic mass is 35.5. The fourth-order valence-electron chi connectivity index (χ4n) is 3.98. The molecule has 1 aromatic heterocycles. The van der Waals surface area contributed by atoms with Crippen LogP contribution in [0.2, 0.25) is 0 Å². The second-order valence-corrected chi connectivity index (χ2v) is 8.97. The second-order valence-electron chi connectivity index (χ2n) is 8.53. The highest BCUT2D eigenvalue weighted by Crippen LogP contribution is 2.35. The summed E-state index contributed by atoms with van der Waals surface area (Å²) in [6, 6.07) is 11.3. The predicted molar refractivity (Wildman–Crippen MR) is 128 cm³/mol. The average Bonchev–Trinajstić information content (AvgIpc) is 3.13. The number of alkyl halides is 3. The number of pyridine rings is 1. The van der Waals surface area contributed by atoms with Gasteiger partial charge in [0, 0.05) is 48.1 Å². The Bertz CT molecular complexity index is 1220. The first-order valence-electron chi connectivity index (χ1n) is 10.9. The van der Waals surface area contributed by atoms with Gasteiger partial charge < -0.3 is 20.1 Å². The quantitative estimate of drug-likeness (QED) is 0.437. The molecule has 1 aliphatic heterocycles. The zero-order valence-corrected chi connectivity index (χ0v) is 19.7. The number of nitrogens with one attached hydrogen (secondary N) is 1. The number of carbonyl (C=O) groups is 1. The van der Waals surface area contributed by atoms with Gasteiger partial charge in [0.05, 0.1) is 11.7 Å². The van der Waals surface area contributed by atoms with E-state index in [1.165, 1.54) is 42.6 Å². The normalized spacial score (nSPS) is 18.0. The van der Waals surface area contributed by atoms with E-state index >= 15 is 0 Å². The van der Waals surface area contributed by atoms with E-state index in [-0.39, 0.29) is 17.2 Å². The van der Waals surface area contributed by atoms with E-state index in [1.54, 1.807) is 12.1 Å². The molecule has 0 radical (unpaired) electrons. The van der Waals surface area contributed by atoms with Crippen LogP contribution in [0.4, 0.5) is 24.7 Å². The van der Waals surface area contributed by atoms with E-state index < -0.39 is 23.4 Å². The van der Waals surface area contributed by atoms with Crippen molar-refractivity contribution in [2.75, 3.05) is 23.3 Å². The van der Waals surface area contributed by atoms with Crippen LogP contribution in [0.5, 0.6) is 5.75 Å². The summed E-state index contributed by atoms with van der Waals surface area (Å²) in [6.45, 7) is 4.71. The fraction of sp³-hybridized carbons (Fsp3) is 0.280. The van der Waals surface area contributed by atoms with Crippen LogP contribution in [0.25, 0.3) is 11.1 Å². The van der Waals surface area contributed by atoms with Gasteiger partial charge >= 0.3 is 5.57 Å². The van der Waals surface area contributed by atoms with E-state index in [1.807, 2.05) is 18.7 Å². The molecule has 0 bridgehead atoms. The summed E-state index contributed by atoms with van der Waals surface area (Å²) in [5.74, 6) is -0.509. The molecule has 1 aliphatic rings. The van der Waals surface area contributed by atoms with Gasteiger partial charge in [-0.3, -0.25) is 4.79 Å². The molecule has 0 unspecified atom stereocenters. The minimum absolute atomic E-state index is 0.0342. The van der Waals surface area contributed by atoms with Crippen LogP contribution in [0, 0.1) is 18.7 Å². The van der Waals surface area contributed by atoms with Crippen LogP contribution < -0.4 is 15.0 Å². The number of amides is 1. The van der Waals surface area contributed by atoms with Crippen LogP contribution in [0.1, 0.15) is 22.8 Å². The number of rotatable bonds is 6. The molecule has 0 saturated carbocycles. The second kappa shape index (κ2) is 9.75. The van der Waals surface area contributed by atoms with Crippen molar-refractivity contribution in [3.63, 3.8) is 0 Å². The number of carbonyl (C=O) groups excluding carboxylic acids is 1. The Hall–Kier alpha value is -3.30. The van der Waals surface area contributed by atoms with E-state index in [9.17, 15) is 23.1 Å². The lowest BCUT2D eigenvalue weighted by atomic mass is 9.99. The molecule has 184 valence electrons. The minimum atomic E-state index is -3.84. The molecule has 10 heteroatoms. The molecule has 0 aliphatic carbocycles. The van der Waals surface area contributed by atoms with Crippen molar-refractivity contribution in [1.29, 1.82) is 0 Å². The molecular weight excluding hydrogens is 483 g/mol. The number of aryl methyl sites for hydroxylation is 1. The molecule has 35 heavy (non-hydrogen) atoms. The largest absolute Gasteiger partial charge is 0.487 e. The predicted octanol–water partition coefficient (Wildman–Crippen LogP) is 5.43. The lowest BCUT2D eigenvalue weighted by molar-refractivity contribution is -0.0964. The summed E-state index contributed by atoms with van der Waals surface area (Å²) in [5, 5.41) is 12.9. The molecule has 6 nitrogen and oxygen atoms in total. The number of nitrogens with zero attached hydrogens (tertiary/aromatic N) is 2. The number of ether oxygens (including phenoxy) is 1. The monoisotopic (exact) mass is 505 g/mol. The van der Waals surface area contributed by atoms with Gasteiger partial charge in [0.1, 0.15) is 17.4 Å². The maximum absolute atomic E-state index is 14.1. The topological polar surface area (TPSA) is 74.7 Å². The van der Waals surface area contributed by atoms with Crippen molar-refractivity contribution in [3.05, 3.63) is 71.7 Å². The van der Waals surface area contributed by atoms with Crippen molar-refractivity contribution in [2.45, 2.75) is 25.5 Å². The molecule has 1 fully saturated rings. The third-order valence-corrected chi connectivity index (χ3v) is 5.91. The third kappa shape index (κ3) is 5.86. The van der Waals surface area contributed by atoms with E-state index in [4.69, 9.17) is 11.6 Å². The Morgan fingerprint density at radius 1 is 1.17 bits per heavy atom. The zero-order chi connectivity index (χ0) is 25.3. The van der Waals surface area contributed by atoms with E-state index in [0.717, 1.165) is 5.56 Å². The van der Waals surface area contributed by atoms with Crippen LogP contribution >= 0.6 is 11.6 Å². The molecule has 2 atom stereocenters. The number of hydrogen-bond donors (Lipinski definition) is 2. The number of aliphatic hydroxyl groups is 1. The first-order chi connectivity index (χ1) is 16.5. The molecule has 1 amide bonds. The SMILES string of the molecule is Cc1ccc(F)cc1-c1cc(C(=O)Nc2ccc(OC(F)(F)Cl)cc2)cnc1N1C[C@H](C)[C@@H](O)C1. The molecule has 4 rings (SSSR count). The van der Waals surface area contributed by atoms with Crippen molar-refractivity contribution in [1.82, 2.24) is 4.98 Å². The number of aliphatic hydroxyl groups excluding tert-OH is 1. The summed E-state index contributed by atoms with van der Waals surface area (Å²) in [5.41, 5.74) is -1.35. The molecule has 1 saturated heterocycles. The Labute approximate surface area is 205 Å². The lowest BCUT2D eigenvalue weighted by Gasteiger charge is -2.22. The first-order valence-corrected chi connectivity index (χ1v) is 11.2. The Balaban J connectivity index is 1.64. The smallest absolute Gasteiger partial charge is 0.420 e. The summed E-state index contributed by atoms with van der Waals surface area (Å²) < 4.78 is 44.0. The molecule has 2 heterocycles. The molecule has 0 spiro atoms. The van der Waals surface area contributed by atoms with Crippen molar-refractivity contribution < 1.29 is 27.8 Å². The van der Waals surface area contributed by atoms with Gasteiger partial charge in [-0.25, -0.2) is 9.37 Å². The first kappa shape index (κ1) is 24.8. The summed E-state index contributed by atoms with van der Waals surface area (Å²) in [4.78, 5) is 19.4. The summed E-state index contributed by atoms with van der Waals surface area (Å²) >= 11 is 4.76. The van der Waals surface area contributed by atoms with E-state index in [0.29, 0.717) is 35.7 Å². The highest BCUT2D eigenvalue weighted by molar-refractivity contribution is 6.20. The van der Waals surface area contributed by atoms with Crippen molar-refractivity contribution >= 4 is 29.0 Å². The minimum Gasteiger partial charge on any atom is -0.420 e. The third-order valence-electron chi connectivity index (χ3n) is 5.84. The molecule has 2 aromatic carbocycles. The van der Waals surface area contributed by atoms with Crippen molar-refractivity contribution in [3.8, 4) is 16.9 Å². The fourth-order valence-corrected chi connectivity index (χ4v) is 4.07. The van der Waals surface area contributed by atoms with Crippen LogP contribution in [-0.2, 0) is 0 Å². The Morgan fingerprint density at radius 3 is 2.51 bits per heavy atom. The van der Waals surface area contributed by atoms with Crippen molar-refractivity contribution in [2.24, 2.45) is 5.92 Å². The van der Waals surface area contributed by atoms with Crippen LogP contribution in [0.15, 0.2) is 54.7 Å². The highest BCUT2D eigenvalue weighted by Gasteiger charge is 2.31. The molecular formula is C25H23ClF3N3O3. The van der Waals surface area contributed by atoms with E-state index in [2.05, 4.69) is 15.0 Å². The van der Waals surface area contributed by atoms with Gasteiger partial charge in [-0.15, -0.1) is 8.78 Å². The van der Waals surface area contributed by atoms with Gasteiger partial charge in [-0.05, 0) is 60.5 Å². The molecule has 2 N–H and O–H groups in total. The number of benzene rings is 2. The van der Waals surface area contributed by atoms with Gasteiger partial charge in [0.15, 0.2) is 0 Å². The summed E-state index contributed by atoms with van der Waals surface area (Å²) in [7, 11) is 0. The number of anilines is 2. The molecule has 3 aromatic rings. The summed E-state index contributed by atoms with van der Waals surface area (Å²) in [6.07, 6.45) is 0.885. The maximum Gasteiger partial charge on any atom is 0.487 e. The van der Waals surface area contributed by atoms with Gasteiger partial charge in [-0.2, -0.15) is 0 Å². The van der Waals surface area contributed by atoms with Crippen LogP contribution in [-0.4, -0.2) is 40.8 Å². The lowest BCUT2D eigenvalue weighted by Crippen LogP contribution is -2.23.